The molecule has 0 bridgehead atoms. The zero-order valence-corrected chi connectivity index (χ0v) is 17.3. The van der Waals surface area contributed by atoms with Crippen LogP contribution in [0.5, 0.6) is 0 Å². The van der Waals surface area contributed by atoms with Crippen LogP contribution in [0, 0.1) is 5.41 Å². The molecule has 0 aliphatic heterocycles. The van der Waals surface area contributed by atoms with Crippen LogP contribution in [-0.2, 0) is 28.5 Å². The average Bonchev–Trinajstić information content (AvgIpc) is 2.45. The molecule has 7 heteroatoms. The number of rotatable bonds is 11. The van der Waals surface area contributed by atoms with Crippen LogP contribution < -0.4 is 0 Å². The fourth-order valence-electron chi connectivity index (χ4n) is 1.87. The van der Waals surface area contributed by atoms with E-state index in [1.807, 2.05) is 48.5 Å². The van der Waals surface area contributed by atoms with E-state index in [0.29, 0.717) is 0 Å². The summed E-state index contributed by atoms with van der Waals surface area (Å²) in [7, 11) is 0. The second-order valence-corrected chi connectivity index (χ2v) is 8.75. The van der Waals surface area contributed by atoms with Crippen molar-refractivity contribution in [1.82, 2.24) is 0 Å². The molecule has 0 aromatic carbocycles. The molecule has 26 heavy (non-hydrogen) atoms. The Morgan fingerprint density at radius 3 is 1.35 bits per heavy atom. The summed E-state index contributed by atoms with van der Waals surface area (Å²) >= 11 is 0. The summed E-state index contributed by atoms with van der Waals surface area (Å²) in [4.78, 5) is 23.2. The topological polar surface area (TPSA) is 91.3 Å². The molecule has 0 aliphatic carbocycles. The Hall–Kier alpha value is -1.18. The first kappa shape index (κ1) is 24.8. The Bertz CT molecular complexity index is 396. The molecule has 0 radical (unpaired) electrons. The van der Waals surface area contributed by atoms with Crippen LogP contribution in [0.1, 0.15) is 61.3 Å². The van der Waals surface area contributed by atoms with Crippen LogP contribution in [-0.4, -0.2) is 61.3 Å². The van der Waals surface area contributed by atoms with E-state index in [0.717, 1.165) is 0 Å². The molecule has 0 aromatic heterocycles. The van der Waals surface area contributed by atoms with Gasteiger partial charge in [-0.3, -0.25) is 9.59 Å². The van der Waals surface area contributed by atoms with Gasteiger partial charge in [0.2, 0.25) is 0 Å². The number of hydrogen-bond donors (Lipinski definition) is 1. The molecule has 1 N–H and O–H groups in total. The first-order chi connectivity index (χ1) is 11.8. The monoisotopic (exact) mass is 376 g/mol. The molecule has 154 valence electrons. The highest BCUT2D eigenvalue weighted by molar-refractivity contribution is 5.70. The van der Waals surface area contributed by atoms with E-state index in [1.165, 1.54) is 0 Å². The fraction of sp³-hybridized carbons (Fsp3) is 0.895. The molecule has 0 rings (SSSR count). The summed E-state index contributed by atoms with van der Waals surface area (Å²) in [6, 6.07) is 0. The third-order valence-electron chi connectivity index (χ3n) is 3.02. The lowest BCUT2D eigenvalue weighted by Gasteiger charge is -2.27. The zero-order valence-electron chi connectivity index (χ0n) is 17.3. The van der Waals surface area contributed by atoms with Crippen LogP contribution >= 0.6 is 0 Å². The van der Waals surface area contributed by atoms with Gasteiger partial charge in [-0.1, -0.05) is 6.92 Å². The van der Waals surface area contributed by atoms with Gasteiger partial charge in [-0.25, -0.2) is 0 Å². The smallest absolute Gasteiger partial charge is 0.308 e. The Morgan fingerprint density at radius 1 is 0.731 bits per heavy atom. The van der Waals surface area contributed by atoms with Crippen molar-refractivity contribution in [3.63, 3.8) is 0 Å². The quantitative estimate of drug-likeness (QED) is 0.437. The van der Waals surface area contributed by atoms with Gasteiger partial charge in [-0.05, 0) is 41.5 Å². The van der Waals surface area contributed by atoms with Crippen molar-refractivity contribution < 1.29 is 33.6 Å². The van der Waals surface area contributed by atoms with Gasteiger partial charge in [-0.15, -0.1) is 0 Å². The van der Waals surface area contributed by atoms with E-state index < -0.39 is 16.6 Å². The van der Waals surface area contributed by atoms with Crippen LogP contribution in [0.2, 0.25) is 0 Å². The highest BCUT2D eigenvalue weighted by Crippen LogP contribution is 2.17. The lowest BCUT2D eigenvalue weighted by atomic mass is 9.94. The number of esters is 2. The second kappa shape index (κ2) is 10.8. The number of aliphatic hydroxyl groups is 1. The van der Waals surface area contributed by atoms with Crippen molar-refractivity contribution in [2.45, 2.75) is 72.5 Å². The summed E-state index contributed by atoms with van der Waals surface area (Å²) < 4.78 is 21.4. The van der Waals surface area contributed by atoms with E-state index in [1.54, 1.807) is 0 Å². The van der Waals surface area contributed by atoms with Crippen molar-refractivity contribution >= 4 is 11.9 Å². The Labute approximate surface area is 157 Å². The molecule has 0 saturated carbocycles. The van der Waals surface area contributed by atoms with Crippen molar-refractivity contribution in [3.8, 4) is 0 Å². The molecule has 0 atom stereocenters. The molecular formula is C19H36O7. The maximum atomic E-state index is 11.6. The molecular weight excluding hydrogens is 340 g/mol. The molecule has 0 amide bonds. The third kappa shape index (κ3) is 14.0. The predicted molar refractivity (Wildman–Crippen MR) is 97.8 cm³/mol. The molecule has 0 heterocycles. The summed E-state index contributed by atoms with van der Waals surface area (Å²) in [5, 5.41) is 9.56. The molecule has 0 aliphatic rings. The average molecular weight is 376 g/mol. The summed E-state index contributed by atoms with van der Waals surface area (Å²) in [5.41, 5.74) is -1.64. The number of hydrogen-bond acceptors (Lipinski definition) is 7. The third-order valence-corrected chi connectivity index (χ3v) is 3.02. The Balaban J connectivity index is 4.02. The van der Waals surface area contributed by atoms with E-state index in [4.69, 9.17) is 18.9 Å². The highest BCUT2D eigenvalue weighted by atomic mass is 16.6. The highest BCUT2D eigenvalue weighted by Gasteiger charge is 2.25. The number of carbonyl (C=O) groups excluding carboxylic acids is 2. The Morgan fingerprint density at radius 2 is 1.08 bits per heavy atom. The molecule has 0 unspecified atom stereocenters. The second-order valence-electron chi connectivity index (χ2n) is 8.75. The molecule has 0 aromatic rings. The molecule has 7 nitrogen and oxygen atoms in total. The van der Waals surface area contributed by atoms with E-state index in [2.05, 4.69) is 0 Å². The van der Waals surface area contributed by atoms with Gasteiger partial charge >= 0.3 is 11.9 Å². The van der Waals surface area contributed by atoms with Crippen molar-refractivity contribution in [1.29, 1.82) is 0 Å². The summed E-state index contributed by atoms with van der Waals surface area (Å²) in [6.07, 6.45) is 0.302. The van der Waals surface area contributed by atoms with Gasteiger partial charge in [0.25, 0.3) is 0 Å². The SMILES string of the molecule is CC(CO)(COCCC(=O)OC(C)(C)C)COCCC(=O)OC(C)(C)C. The van der Waals surface area contributed by atoms with E-state index in [9.17, 15) is 14.7 Å². The van der Waals surface area contributed by atoms with E-state index in [-0.39, 0.29) is 57.8 Å². The number of aliphatic hydroxyl groups excluding tert-OH is 1. The van der Waals surface area contributed by atoms with Gasteiger partial charge in [0.05, 0.1) is 45.9 Å². The summed E-state index contributed by atoms with van der Waals surface area (Å²) in [5.74, 6) is -0.645. The molecule has 0 spiro atoms. The first-order valence-electron chi connectivity index (χ1n) is 8.96. The van der Waals surface area contributed by atoms with Gasteiger partial charge in [0.15, 0.2) is 0 Å². The number of carbonyl (C=O) groups is 2. The zero-order chi connectivity index (χ0) is 20.4. The van der Waals surface area contributed by atoms with Crippen molar-refractivity contribution in [2.24, 2.45) is 5.41 Å². The van der Waals surface area contributed by atoms with Gasteiger partial charge < -0.3 is 24.1 Å². The lowest BCUT2D eigenvalue weighted by molar-refractivity contribution is -0.157. The van der Waals surface area contributed by atoms with Crippen LogP contribution in [0.4, 0.5) is 0 Å². The predicted octanol–water partition coefficient (Wildman–Crippen LogP) is 2.48. The molecule has 0 saturated heterocycles. The molecule has 0 fully saturated rings. The fourth-order valence-corrected chi connectivity index (χ4v) is 1.87. The van der Waals surface area contributed by atoms with Crippen LogP contribution in [0.15, 0.2) is 0 Å². The minimum absolute atomic E-state index is 0.133. The maximum absolute atomic E-state index is 11.6. The van der Waals surface area contributed by atoms with Crippen molar-refractivity contribution in [2.75, 3.05) is 33.0 Å². The van der Waals surface area contributed by atoms with Crippen LogP contribution in [0.3, 0.4) is 0 Å². The Kier molecular flexibility index (Phi) is 10.4. The largest absolute Gasteiger partial charge is 0.460 e. The number of ether oxygens (including phenoxy) is 4. The first-order valence-corrected chi connectivity index (χ1v) is 8.96. The van der Waals surface area contributed by atoms with Crippen molar-refractivity contribution in [3.05, 3.63) is 0 Å². The standard InChI is InChI=1S/C19H36O7/c1-17(2,3)25-15(21)8-10-23-13-19(7,12-20)14-24-11-9-16(22)26-18(4,5)6/h20H,8-14H2,1-7H3. The lowest BCUT2D eigenvalue weighted by Crippen LogP contribution is -2.34. The van der Waals surface area contributed by atoms with Gasteiger partial charge in [-0.2, -0.15) is 0 Å². The van der Waals surface area contributed by atoms with Gasteiger partial charge in [0, 0.05) is 5.41 Å². The van der Waals surface area contributed by atoms with Gasteiger partial charge in [0.1, 0.15) is 11.2 Å². The van der Waals surface area contributed by atoms with E-state index >= 15 is 0 Å². The normalized spacial score (nSPS) is 12.8. The van der Waals surface area contributed by atoms with Crippen LogP contribution in [0.25, 0.3) is 0 Å². The summed E-state index contributed by atoms with van der Waals surface area (Å²) in [6.45, 7) is 13.4. The maximum Gasteiger partial charge on any atom is 0.308 e. The minimum Gasteiger partial charge on any atom is -0.460 e. The minimum atomic E-state index is -0.609.